The molecule has 70 valence electrons. The zero-order valence-electron chi connectivity index (χ0n) is 7.10. The van der Waals surface area contributed by atoms with Crippen molar-refractivity contribution in [1.82, 2.24) is 0 Å². The van der Waals surface area contributed by atoms with Gasteiger partial charge in [0.2, 0.25) is 0 Å². The lowest BCUT2D eigenvalue weighted by Crippen LogP contribution is -2.15. The van der Waals surface area contributed by atoms with Crippen LogP contribution in [0.1, 0.15) is 15.9 Å². The summed E-state index contributed by atoms with van der Waals surface area (Å²) in [5, 5.41) is 0. The van der Waals surface area contributed by atoms with Crippen LogP contribution in [0.2, 0.25) is 0 Å². The minimum atomic E-state index is -0.727. The number of halogens is 2. The van der Waals surface area contributed by atoms with Gasteiger partial charge in [0.15, 0.2) is 5.78 Å². The van der Waals surface area contributed by atoms with Gasteiger partial charge < -0.3 is 5.73 Å². The molecule has 0 spiro atoms. The van der Waals surface area contributed by atoms with E-state index in [-0.39, 0.29) is 17.7 Å². The van der Waals surface area contributed by atoms with E-state index >= 15 is 0 Å². The molecule has 0 radical (unpaired) electrons. The zero-order chi connectivity index (χ0) is 10.0. The van der Waals surface area contributed by atoms with Gasteiger partial charge in [-0.15, -0.1) is 0 Å². The fraction of sp³-hybridized carbons (Fsp3) is 0.222. The van der Waals surface area contributed by atoms with E-state index in [1.54, 1.807) is 0 Å². The molecule has 1 aromatic rings. The lowest BCUT2D eigenvalue weighted by molar-refractivity contribution is 0.0997. The summed E-state index contributed by atoms with van der Waals surface area (Å²) in [5.41, 5.74) is 4.91. The van der Waals surface area contributed by atoms with Crippen LogP contribution >= 0.6 is 0 Å². The van der Waals surface area contributed by atoms with Crippen molar-refractivity contribution in [3.8, 4) is 0 Å². The largest absolute Gasteiger partial charge is 0.324 e. The van der Waals surface area contributed by atoms with Gasteiger partial charge in [0.1, 0.15) is 11.6 Å². The highest BCUT2D eigenvalue weighted by Gasteiger charge is 2.12. The van der Waals surface area contributed by atoms with E-state index in [4.69, 9.17) is 5.73 Å². The van der Waals surface area contributed by atoms with Crippen LogP contribution in [0.4, 0.5) is 8.78 Å². The summed E-state index contributed by atoms with van der Waals surface area (Å²) >= 11 is 0. The number of carbonyl (C=O) groups excluding carboxylic acids is 1. The lowest BCUT2D eigenvalue weighted by Gasteiger charge is -2.02. The second-order valence-electron chi connectivity index (χ2n) is 2.71. The third kappa shape index (κ3) is 1.89. The molecule has 0 unspecified atom stereocenters. The molecule has 0 aliphatic heterocycles. The Kier molecular flexibility index (Phi) is 2.72. The average molecular weight is 185 g/mol. The number of carbonyl (C=O) groups is 1. The number of aryl methyl sites for hydroxylation is 1. The lowest BCUT2D eigenvalue weighted by atomic mass is 10.1. The average Bonchev–Trinajstić information content (AvgIpc) is 2.10. The molecule has 0 saturated carbocycles. The fourth-order valence-corrected chi connectivity index (χ4v) is 0.970. The predicted octanol–water partition coefficient (Wildman–Crippen LogP) is 1.41. The highest BCUT2D eigenvalue weighted by atomic mass is 19.1. The second kappa shape index (κ2) is 3.62. The van der Waals surface area contributed by atoms with Crippen molar-refractivity contribution in [2.75, 3.05) is 6.54 Å². The number of hydrogen-bond acceptors (Lipinski definition) is 2. The number of nitrogens with two attached hydrogens (primary N) is 1. The maximum atomic E-state index is 13.0. The summed E-state index contributed by atoms with van der Waals surface area (Å²) in [6.07, 6.45) is 0. The normalized spacial score (nSPS) is 10.2. The summed E-state index contributed by atoms with van der Waals surface area (Å²) in [6, 6.07) is 1.86. The molecular formula is C9H9F2NO. The highest BCUT2D eigenvalue weighted by molar-refractivity contribution is 5.97. The monoisotopic (exact) mass is 185 g/mol. The Morgan fingerprint density at radius 3 is 2.54 bits per heavy atom. The van der Waals surface area contributed by atoms with Crippen LogP contribution in [0, 0.1) is 18.6 Å². The van der Waals surface area contributed by atoms with Crippen molar-refractivity contribution in [1.29, 1.82) is 0 Å². The zero-order valence-corrected chi connectivity index (χ0v) is 7.10. The van der Waals surface area contributed by atoms with Gasteiger partial charge in [-0.2, -0.15) is 0 Å². The Bertz CT molecular complexity index is 350. The molecule has 1 aromatic carbocycles. The number of ketones is 1. The van der Waals surface area contributed by atoms with E-state index in [0.29, 0.717) is 0 Å². The van der Waals surface area contributed by atoms with E-state index in [2.05, 4.69) is 0 Å². The van der Waals surface area contributed by atoms with Crippen LogP contribution < -0.4 is 5.73 Å². The Morgan fingerprint density at radius 1 is 1.38 bits per heavy atom. The number of hydrogen-bond donors (Lipinski definition) is 1. The van der Waals surface area contributed by atoms with Crippen LogP contribution in [-0.2, 0) is 0 Å². The molecule has 13 heavy (non-hydrogen) atoms. The molecule has 0 amide bonds. The molecule has 2 nitrogen and oxygen atoms in total. The van der Waals surface area contributed by atoms with Gasteiger partial charge in [0, 0.05) is 0 Å². The molecule has 0 aromatic heterocycles. The molecule has 0 atom stereocenters. The van der Waals surface area contributed by atoms with Crippen LogP contribution in [0.5, 0.6) is 0 Å². The van der Waals surface area contributed by atoms with Crippen molar-refractivity contribution < 1.29 is 13.6 Å². The van der Waals surface area contributed by atoms with E-state index < -0.39 is 17.4 Å². The third-order valence-corrected chi connectivity index (χ3v) is 1.73. The van der Waals surface area contributed by atoms with Crippen LogP contribution in [0.25, 0.3) is 0 Å². The van der Waals surface area contributed by atoms with Crippen molar-refractivity contribution in [2.45, 2.75) is 6.92 Å². The van der Waals surface area contributed by atoms with E-state index in [1.165, 1.54) is 6.92 Å². The van der Waals surface area contributed by atoms with Gasteiger partial charge in [0.25, 0.3) is 0 Å². The molecule has 0 bridgehead atoms. The number of rotatable bonds is 2. The topological polar surface area (TPSA) is 43.1 Å². The maximum Gasteiger partial charge on any atom is 0.179 e. The molecule has 0 aliphatic carbocycles. The van der Waals surface area contributed by atoms with Crippen molar-refractivity contribution in [3.63, 3.8) is 0 Å². The summed E-state index contributed by atoms with van der Waals surface area (Å²) in [5.74, 6) is -1.93. The van der Waals surface area contributed by atoms with E-state index in [1.807, 2.05) is 0 Å². The highest BCUT2D eigenvalue weighted by Crippen LogP contribution is 2.14. The molecule has 0 fully saturated rings. The SMILES string of the molecule is Cc1cc(F)c(C(=O)CN)cc1F. The Labute approximate surface area is 74.4 Å². The summed E-state index contributed by atoms with van der Waals surface area (Å²) < 4.78 is 25.9. The number of benzene rings is 1. The van der Waals surface area contributed by atoms with Crippen molar-refractivity contribution >= 4 is 5.78 Å². The molecule has 2 N–H and O–H groups in total. The van der Waals surface area contributed by atoms with Gasteiger partial charge in [-0.3, -0.25) is 4.79 Å². The van der Waals surface area contributed by atoms with Crippen LogP contribution in [0.3, 0.4) is 0 Å². The molecule has 4 heteroatoms. The Balaban J connectivity index is 3.23. The summed E-state index contributed by atoms with van der Waals surface area (Å²) in [7, 11) is 0. The quantitative estimate of drug-likeness (QED) is 0.708. The van der Waals surface area contributed by atoms with Gasteiger partial charge in [-0.1, -0.05) is 0 Å². The first-order chi connectivity index (χ1) is 6.06. The molecule has 0 aliphatic rings. The Hall–Kier alpha value is -1.29. The summed E-state index contributed by atoms with van der Waals surface area (Å²) in [6.45, 7) is 1.11. The molecule has 0 saturated heterocycles. The van der Waals surface area contributed by atoms with Gasteiger partial charge in [0.05, 0.1) is 12.1 Å². The minimum Gasteiger partial charge on any atom is -0.324 e. The first-order valence-corrected chi connectivity index (χ1v) is 3.75. The standard InChI is InChI=1S/C9H9F2NO/c1-5-2-8(11)6(3-7(5)10)9(13)4-12/h2-3H,4,12H2,1H3. The maximum absolute atomic E-state index is 13.0. The van der Waals surface area contributed by atoms with Crippen molar-refractivity contribution in [2.24, 2.45) is 5.73 Å². The first kappa shape index (κ1) is 9.80. The third-order valence-electron chi connectivity index (χ3n) is 1.73. The summed E-state index contributed by atoms with van der Waals surface area (Å²) in [4.78, 5) is 11.0. The van der Waals surface area contributed by atoms with Crippen LogP contribution in [-0.4, -0.2) is 12.3 Å². The smallest absolute Gasteiger partial charge is 0.179 e. The van der Waals surface area contributed by atoms with Gasteiger partial charge in [-0.05, 0) is 24.6 Å². The Morgan fingerprint density at radius 2 is 2.00 bits per heavy atom. The number of Topliss-reactive ketones (excluding diaryl/α,β-unsaturated/α-hetero) is 1. The van der Waals surface area contributed by atoms with Crippen LogP contribution in [0.15, 0.2) is 12.1 Å². The van der Waals surface area contributed by atoms with E-state index in [0.717, 1.165) is 12.1 Å². The second-order valence-corrected chi connectivity index (χ2v) is 2.71. The van der Waals surface area contributed by atoms with E-state index in [9.17, 15) is 13.6 Å². The first-order valence-electron chi connectivity index (χ1n) is 3.75. The predicted molar refractivity (Wildman–Crippen MR) is 44.5 cm³/mol. The fourth-order valence-electron chi connectivity index (χ4n) is 0.970. The molecule has 0 heterocycles. The molecular weight excluding hydrogens is 176 g/mol. The minimum absolute atomic E-state index is 0.172. The van der Waals surface area contributed by atoms with Gasteiger partial charge in [-0.25, -0.2) is 8.78 Å². The molecule has 1 rings (SSSR count). The van der Waals surface area contributed by atoms with Crippen molar-refractivity contribution in [3.05, 3.63) is 34.9 Å². The van der Waals surface area contributed by atoms with Gasteiger partial charge >= 0.3 is 0 Å².